The molecule has 7 nitrogen and oxygen atoms in total. The smallest absolute Gasteiger partial charge is 0.252 e. The number of rotatable bonds is 7. The average Bonchev–Trinajstić information content (AvgIpc) is 3.30. The molecule has 1 N–H and O–H groups in total. The van der Waals surface area contributed by atoms with E-state index in [1.54, 1.807) is 30.7 Å². The van der Waals surface area contributed by atoms with Gasteiger partial charge in [-0.3, -0.25) is 24.5 Å². The molecule has 1 fully saturated rings. The molecule has 0 spiro atoms. The molecule has 4 rings (SSSR count). The fraction of sp³-hybridized carbons (Fsp3) is 0.292. The Hall–Kier alpha value is -3.32. The molecular formula is C24H24ClN5O2. The van der Waals surface area contributed by atoms with Crippen LogP contribution in [0, 0.1) is 0 Å². The van der Waals surface area contributed by atoms with Crippen LogP contribution >= 0.6 is 11.6 Å². The number of likely N-dealkylation sites (tertiary alicyclic amines) is 1. The highest BCUT2D eigenvalue weighted by molar-refractivity contribution is 6.30. The highest BCUT2D eigenvalue weighted by Gasteiger charge is 2.31. The van der Waals surface area contributed by atoms with E-state index in [1.807, 2.05) is 29.2 Å². The highest BCUT2D eigenvalue weighted by Crippen LogP contribution is 2.31. The van der Waals surface area contributed by atoms with Gasteiger partial charge in [0.15, 0.2) is 0 Å². The normalized spacial score (nSPS) is 15.5. The van der Waals surface area contributed by atoms with Crippen LogP contribution in [0.3, 0.4) is 0 Å². The van der Waals surface area contributed by atoms with Crippen LogP contribution in [0.1, 0.15) is 52.6 Å². The van der Waals surface area contributed by atoms with Crippen molar-refractivity contribution >= 4 is 23.4 Å². The van der Waals surface area contributed by atoms with Gasteiger partial charge in [0, 0.05) is 49.5 Å². The molecule has 0 saturated carbocycles. The lowest BCUT2D eigenvalue weighted by Gasteiger charge is -2.24. The summed E-state index contributed by atoms with van der Waals surface area (Å²) in [4.78, 5) is 39.9. The Morgan fingerprint density at radius 3 is 2.84 bits per heavy atom. The molecule has 1 atom stereocenters. The van der Waals surface area contributed by atoms with Gasteiger partial charge in [0.2, 0.25) is 5.91 Å². The minimum absolute atomic E-state index is 0.000955. The molecule has 1 aromatic carbocycles. The quantitative estimate of drug-likeness (QED) is 0.595. The third-order valence-electron chi connectivity index (χ3n) is 5.44. The second kappa shape index (κ2) is 10.3. The number of benzene rings is 1. The fourth-order valence-corrected chi connectivity index (χ4v) is 4.14. The predicted molar refractivity (Wildman–Crippen MR) is 121 cm³/mol. The summed E-state index contributed by atoms with van der Waals surface area (Å²) in [6.45, 7) is 0.955. The standard InChI is InChI=1S/C24H24ClN5O2/c25-19-6-1-4-17(12-19)13-20-15-27-16-21(29-20)22-7-3-11-30(22)23(31)8-10-28-24(32)18-5-2-9-26-14-18/h1-2,4-6,9,12,14-16,22H,3,7-8,10-11,13H2,(H,28,32). The number of hydrogen-bond donors (Lipinski definition) is 1. The van der Waals surface area contributed by atoms with Gasteiger partial charge in [-0.05, 0) is 42.7 Å². The van der Waals surface area contributed by atoms with Gasteiger partial charge in [0.25, 0.3) is 5.91 Å². The molecule has 0 bridgehead atoms. The van der Waals surface area contributed by atoms with E-state index in [0.717, 1.165) is 29.8 Å². The van der Waals surface area contributed by atoms with Crippen LogP contribution in [-0.4, -0.2) is 44.8 Å². The van der Waals surface area contributed by atoms with Gasteiger partial charge in [0.05, 0.1) is 29.2 Å². The number of aromatic nitrogens is 3. The average molecular weight is 450 g/mol. The fourth-order valence-electron chi connectivity index (χ4n) is 3.92. The lowest BCUT2D eigenvalue weighted by Crippen LogP contribution is -2.34. The molecule has 1 saturated heterocycles. The first kappa shape index (κ1) is 21.9. The summed E-state index contributed by atoms with van der Waals surface area (Å²) in [5, 5.41) is 3.47. The Bertz CT molecular complexity index is 1090. The van der Waals surface area contributed by atoms with Crippen LogP contribution < -0.4 is 5.32 Å². The van der Waals surface area contributed by atoms with Crippen molar-refractivity contribution < 1.29 is 9.59 Å². The van der Waals surface area contributed by atoms with E-state index in [-0.39, 0.29) is 30.8 Å². The van der Waals surface area contributed by atoms with Gasteiger partial charge in [-0.2, -0.15) is 0 Å². The summed E-state index contributed by atoms with van der Waals surface area (Å²) < 4.78 is 0. The van der Waals surface area contributed by atoms with Crippen LogP contribution in [-0.2, 0) is 11.2 Å². The first-order chi connectivity index (χ1) is 15.6. The molecule has 2 amide bonds. The summed E-state index contributed by atoms with van der Waals surface area (Å²) in [6.07, 6.45) is 9.23. The monoisotopic (exact) mass is 449 g/mol. The van der Waals surface area contributed by atoms with Gasteiger partial charge in [-0.1, -0.05) is 23.7 Å². The summed E-state index contributed by atoms with van der Waals surface area (Å²) in [7, 11) is 0. The van der Waals surface area contributed by atoms with E-state index in [9.17, 15) is 9.59 Å². The van der Waals surface area contributed by atoms with Crippen molar-refractivity contribution in [3.63, 3.8) is 0 Å². The summed E-state index contributed by atoms with van der Waals surface area (Å²) >= 11 is 6.09. The first-order valence-electron chi connectivity index (χ1n) is 10.6. The minimum atomic E-state index is -0.233. The third-order valence-corrected chi connectivity index (χ3v) is 5.68. The van der Waals surface area contributed by atoms with E-state index in [0.29, 0.717) is 23.6 Å². The van der Waals surface area contributed by atoms with Gasteiger partial charge in [-0.25, -0.2) is 0 Å². The largest absolute Gasteiger partial charge is 0.351 e. The Labute approximate surface area is 191 Å². The Morgan fingerprint density at radius 2 is 2.03 bits per heavy atom. The van der Waals surface area contributed by atoms with Gasteiger partial charge < -0.3 is 10.2 Å². The minimum Gasteiger partial charge on any atom is -0.351 e. The van der Waals surface area contributed by atoms with E-state index < -0.39 is 0 Å². The van der Waals surface area contributed by atoms with Crippen LogP contribution in [0.25, 0.3) is 0 Å². The number of nitrogens with one attached hydrogen (secondary N) is 1. The number of carbonyl (C=O) groups is 2. The molecule has 1 unspecified atom stereocenters. The number of halogens is 1. The van der Waals surface area contributed by atoms with Crippen LogP contribution in [0.5, 0.6) is 0 Å². The van der Waals surface area contributed by atoms with E-state index >= 15 is 0 Å². The molecular weight excluding hydrogens is 426 g/mol. The van der Waals surface area contributed by atoms with Crippen molar-refractivity contribution in [1.82, 2.24) is 25.2 Å². The van der Waals surface area contributed by atoms with Gasteiger partial charge in [0.1, 0.15) is 0 Å². The molecule has 2 aromatic heterocycles. The van der Waals surface area contributed by atoms with Crippen molar-refractivity contribution in [2.24, 2.45) is 0 Å². The first-order valence-corrected chi connectivity index (χ1v) is 11.0. The molecule has 8 heteroatoms. The predicted octanol–water partition coefficient (Wildman–Crippen LogP) is 3.60. The van der Waals surface area contributed by atoms with Crippen LogP contribution in [0.2, 0.25) is 5.02 Å². The highest BCUT2D eigenvalue weighted by atomic mass is 35.5. The third kappa shape index (κ3) is 5.48. The Kier molecular flexibility index (Phi) is 7.07. The van der Waals surface area contributed by atoms with Crippen molar-refractivity contribution in [2.45, 2.75) is 31.7 Å². The Morgan fingerprint density at radius 1 is 1.12 bits per heavy atom. The van der Waals surface area contributed by atoms with Crippen LogP contribution in [0.15, 0.2) is 61.2 Å². The number of carbonyl (C=O) groups excluding carboxylic acids is 2. The zero-order valence-electron chi connectivity index (χ0n) is 17.6. The van der Waals surface area contributed by atoms with Crippen molar-refractivity contribution in [3.05, 3.63) is 88.7 Å². The zero-order chi connectivity index (χ0) is 22.3. The molecule has 1 aliphatic heterocycles. The van der Waals surface area contributed by atoms with Crippen molar-refractivity contribution in [2.75, 3.05) is 13.1 Å². The second-order valence-corrected chi connectivity index (χ2v) is 8.17. The molecule has 3 heterocycles. The van der Waals surface area contributed by atoms with Crippen LogP contribution in [0.4, 0.5) is 0 Å². The number of amides is 2. The zero-order valence-corrected chi connectivity index (χ0v) is 18.3. The summed E-state index contributed by atoms with van der Waals surface area (Å²) in [6, 6.07) is 11.0. The molecule has 1 aliphatic rings. The molecule has 0 aliphatic carbocycles. The van der Waals surface area contributed by atoms with E-state index in [2.05, 4.69) is 15.3 Å². The number of pyridine rings is 1. The Balaban J connectivity index is 1.36. The molecule has 32 heavy (non-hydrogen) atoms. The SMILES string of the molecule is O=C(NCCC(=O)N1CCCC1c1cncc(Cc2cccc(Cl)c2)n1)c1cccnc1. The maximum atomic E-state index is 12.9. The molecule has 0 radical (unpaired) electrons. The summed E-state index contributed by atoms with van der Waals surface area (Å²) in [5.74, 6) is -0.232. The number of hydrogen-bond acceptors (Lipinski definition) is 5. The van der Waals surface area contributed by atoms with Crippen molar-refractivity contribution in [3.8, 4) is 0 Å². The van der Waals surface area contributed by atoms with Gasteiger partial charge in [-0.15, -0.1) is 0 Å². The van der Waals surface area contributed by atoms with Gasteiger partial charge >= 0.3 is 0 Å². The topological polar surface area (TPSA) is 88.1 Å². The lowest BCUT2D eigenvalue weighted by atomic mass is 10.1. The maximum absolute atomic E-state index is 12.9. The van der Waals surface area contributed by atoms with Crippen molar-refractivity contribution in [1.29, 1.82) is 0 Å². The maximum Gasteiger partial charge on any atom is 0.252 e. The van der Waals surface area contributed by atoms with E-state index in [4.69, 9.17) is 16.6 Å². The summed E-state index contributed by atoms with van der Waals surface area (Å²) in [5.41, 5.74) is 3.18. The number of nitrogens with zero attached hydrogens (tertiary/aromatic N) is 4. The second-order valence-electron chi connectivity index (χ2n) is 7.73. The lowest BCUT2D eigenvalue weighted by molar-refractivity contribution is -0.132. The molecule has 164 valence electrons. The molecule has 3 aromatic rings. The van der Waals surface area contributed by atoms with E-state index in [1.165, 1.54) is 6.20 Å².